The molecule has 0 aromatic rings. The topological polar surface area (TPSA) is 107 Å². The molecule has 0 bridgehead atoms. The second-order valence-corrected chi connectivity index (χ2v) is 0.774. The van der Waals surface area contributed by atoms with Gasteiger partial charge in [0.15, 0.2) is 5.34 Å². The minimum atomic E-state index is -2.61. The van der Waals surface area contributed by atoms with Gasteiger partial charge in [-0.3, -0.25) is 9.11 Å². The van der Waals surface area contributed by atoms with E-state index in [0.29, 0.717) is 0 Å². The summed E-state index contributed by atoms with van der Waals surface area (Å²) in [7, 11) is 0. The molecule has 8 heteroatoms. The van der Waals surface area contributed by atoms with Crippen molar-refractivity contribution in [1.82, 2.24) is 0 Å². The summed E-state index contributed by atoms with van der Waals surface area (Å²) >= 11 is -2.61. The fraction of sp³-hybridized carbons (Fsp3) is 0. The van der Waals surface area contributed by atoms with E-state index in [2.05, 4.69) is 0 Å². The average Bonchev–Trinajstić information content (AvgIpc) is 1.33. The number of nitrogens with zero attached hydrogens (tertiary/aromatic N) is 1. The van der Waals surface area contributed by atoms with Gasteiger partial charge in [-0.15, -0.1) is 4.91 Å². The molecule has 46 valence electrons. The monoisotopic (exact) mass is 153 g/mol. The Labute approximate surface area is 69.6 Å². The minimum absolute atomic E-state index is 0. The van der Waals surface area contributed by atoms with Gasteiger partial charge in [-0.1, -0.05) is 0 Å². The Morgan fingerprint density at radius 3 is 1.38 bits per heavy atom. The summed E-state index contributed by atoms with van der Waals surface area (Å²) in [6.45, 7) is 0. The average molecular weight is 153 g/mol. The molecule has 3 N–H and O–H groups in total. The van der Waals surface area contributed by atoms with Crippen molar-refractivity contribution in [3.8, 4) is 0 Å². The van der Waals surface area contributed by atoms with E-state index in [0.717, 1.165) is 0 Å². The van der Waals surface area contributed by atoms with E-state index in [1.54, 1.807) is 0 Å². The van der Waals surface area contributed by atoms with E-state index in [1.165, 1.54) is 5.34 Å². The quantitative estimate of drug-likeness (QED) is 0.182. The molecule has 0 aromatic carbocycles. The van der Waals surface area contributed by atoms with Crippen LogP contribution in [0.1, 0.15) is 0 Å². The van der Waals surface area contributed by atoms with Crippen molar-refractivity contribution in [3.63, 3.8) is 0 Å². The van der Waals surface area contributed by atoms with Gasteiger partial charge in [0.2, 0.25) is 0 Å². The molecule has 0 fully saturated rings. The first kappa shape index (κ1) is 15.8. The van der Waals surface area contributed by atoms with E-state index < -0.39 is 11.4 Å². The van der Waals surface area contributed by atoms with Crippen molar-refractivity contribution in [1.29, 1.82) is 0 Å². The summed E-state index contributed by atoms with van der Waals surface area (Å²) < 4.78 is 22.8. The van der Waals surface area contributed by atoms with Crippen LogP contribution in [-0.4, -0.2) is 48.1 Å². The maximum atomic E-state index is 8.67. The summed E-state index contributed by atoms with van der Waals surface area (Å²) in [6.07, 6.45) is 0. The van der Waals surface area contributed by atoms with Crippen molar-refractivity contribution in [3.05, 3.63) is 4.91 Å². The van der Waals surface area contributed by atoms with Crippen LogP contribution < -0.4 is 0 Å². The van der Waals surface area contributed by atoms with Crippen molar-refractivity contribution < 1.29 is 18.5 Å². The van der Waals surface area contributed by atoms with Crippen LogP contribution in [0, 0.1) is 4.91 Å². The first-order valence-corrected chi connectivity index (χ1v) is 1.98. The van der Waals surface area contributed by atoms with Crippen molar-refractivity contribution >= 4 is 40.9 Å². The number of hydrogen-bond acceptors (Lipinski definition) is 3. The normalized spacial score (nSPS) is 5.88. The Balaban J connectivity index is -0.0000000575. The SMILES string of the molecule is O=NO.O=S(O)O.[NaH]. The molecule has 0 saturated heterocycles. The summed E-state index contributed by atoms with van der Waals surface area (Å²) in [5, 5.41) is 7.89. The van der Waals surface area contributed by atoms with Crippen molar-refractivity contribution in [2.24, 2.45) is 5.34 Å². The Kier molecular flexibility index (Phi) is 30.9. The van der Waals surface area contributed by atoms with Crippen LogP contribution in [0.25, 0.3) is 0 Å². The van der Waals surface area contributed by atoms with Crippen molar-refractivity contribution in [2.45, 2.75) is 0 Å². The first-order chi connectivity index (χ1) is 3.15. The predicted octanol–water partition coefficient (Wildman–Crippen LogP) is -0.825. The standard InChI is InChI=1S/HNO2.Na.H2O3S.H/c2-1-3;;1-4(2)3;/h(H,2,3);;(H2,1,2,3);. The van der Waals surface area contributed by atoms with Crippen LogP contribution >= 0.6 is 0 Å². The Bertz CT molecular complexity index is 59.4. The second-order valence-electron chi connectivity index (χ2n) is 0.312. The van der Waals surface area contributed by atoms with E-state index in [4.69, 9.17) is 23.4 Å². The molecule has 0 unspecified atom stereocenters. The molecule has 6 nitrogen and oxygen atoms in total. The molecule has 0 aliphatic rings. The van der Waals surface area contributed by atoms with E-state index in [1.807, 2.05) is 0 Å². The molecule has 0 saturated carbocycles. The maximum absolute atomic E-state index is 8.67. The number of hydrogen-bond donors (Lipinski definition) is 3. The van der Waals surface area contributed by atoms with Gasteiger partial charge in [-0.05, 0) is 0 Å². The molecule has 0 aromatic heterocycles. The van der Waals surface area contributed by atoms with Crippen LogP contribution in [0.5, 0.6) is 0 Å². The fourth-order valence-electron chi connectivity index (χ4n) is 0. The fourth-order valence-corrected chi connectivity index (χ4v) is 0. The zero-order chi connectivity index (χ0) is 6.28. The van der Waals surface area contributed by atoms with Crippen LogP contribution in [-0.2, 0) is 11.4 Å². The van der Waals surface area contributed by atoms with Gasteiger partial charge in [0.25, 0.3) is 11.4 Å². The summed E-state index contributed by atoms with van der Waals surface area (Å²) in [5.74, 6) is 0. The molecule has 0 heterocycles. The van der Waals surface area contributed by atoms with Gasteiger partial charge in [-0.25, -0.2) is 0 Å². The molecule has 8 heavy (non-hydrogen) atoms. The van der Waals surface area contributed by atoms with E-state index >= 15 is 0 Å². The van der Waals surface area contributed by atoms with Crippen LogP contribution in [0.2, 0.25) is 0 Å². The molecular formula is H4NNaO5S. The third-order valence-corrected chi connectivity index (χ3v) is 0. The third-order valence-electron chi connectivity index (χ3n) is 0. The van der Waals surface area contributed by atoms with Gasteiger partial charge in [0, 0.05) is 0 Å². The molecule has 0 amide bonds. The molecule has 0 spiro atoms. The first-order valence-electron chi connectivity index (χ1n) is 0.914. The van der Waals surface area contributed by atoms with Gasteiger partial charge in [0.1, 0.15) is 0 Å². The summed E-state index contributed by atoms with van der Waals surface area (Å²) in [4.78, 5) is 8.11. The summed E-state index contributed by atoms with van der Waals surface area (Å²) in [5.41, 5.74) is 0. The Morgan fingerprint density at radius 1 is 1.38 bits per heavy atom. The Hall–Kier alpha value is 0.470. The predicted molar refractivity (Wildman–Crippen MR) is 28.1 cm³/mol. The zero-order valence-corrected chi connectivity index (χ0v) is 3.83. The number of rotatable bonds is 0. The zero-order valence-electron chi connectivity index (χ0n) is 3.01. The molecule has 0 aliphatic carbocycles. The van der Waals surface area contributed by atoms with E-state index in [9.17, 15) is 0 Å². The van der Waals surface area contributed by atoms with Crippen LogP contribution in [0.15, 0.2) is 5.34 Å². The second kappa shape index (κ2) is 15.6. The van der Waals surface area contributed by atoms with Gasteiger partial charge in [0.05, 0.1) is 0 Å². The summed E-state index contributed by atoms with van der Waals surface area (Å²) in [6, 6.07) is 0. The van der Waals surface area contributed by atoms with Gasteiger partial charge in [-0.2, -0.15) is 4.21 Å². The molecule has 0 rings (SSSR count). The van der Waals surface area contributed by atoms with Gasteiger partial charge >= 0.3 is 29.6 Å². The molecule has 0 radical (unpaired) electrons. The van der Waals surface area contributed by atoms with Crippen LogP contribution in [0.4, 0.5) is 0 Å². The molecular weight excluding hydrogens is 149 g/mol. The van der Waals surface area contributed by atoms with Crippen LogP contribution in [0.3, 0.4) is 0 Å². The van der Waals surface area contributed by atoms with Crippen molar-refractivity contribution in [2.75, 3.05) is 0 Å². The Morgan fingerprint density at radius 2 is 1.38 bits per heavy atom. The molecule has 0 atom stereocenters. The van der Waals surface area contributed by atoms with E-state index in [-0.39, 0.29) is 29.6 Å². The molecule has 0 aliphatic heterocycles. The third kappa shape index (κ3) is 876. The van der Waals surface area contributed by atoms with Gasteiger partial charge < -0.3 is 5.21 Å².